The Kier molecular flexibility index (Phi) is 4.74. The lowest BCUT2D eigenvalue weighted by Gasteiger charge is -2.17. The van der Waals surface area contributed by atoms with Gasteiger partial charge in [0, 0.05) is 5.56 Å². The Hall–Kier alpha value is -3.02. The van der Waals surface area contributed by atoms with Crippen LogP contribution in [0.15, 0.2) is 24.3 Å². The standard InChI is InChI=1S/C16H15F3N4O2/c1-8(15(24)25)10-3-5-11(6-4-10)13-12(7-20)14(21)23(22-13)9(2)16(17,18)19/h3-6,8-9H,21H2,1-2H3,(H,24,25). The maximum Gasteiger partial charge on any atom is 0.410 e. The number of anilines is 1. The first kappa shape index (κ1) is 18.3. The summed E-state index contributed by atoms with van der Waals surface area (Å²) in [5.41, 5.74) is 6.42. The van der Waals surface area contributed by atoms with Crippen LogP contribution in [0.2, 0.25) is 0 Å². The Labute approximate surface area is 141 Å². The maximum absolute atomic E-state index is 12.9. The third-order valence-electron chi connectivity index (χ3n) is 3.95. The van der Waals surface area contributed by atoms with Crippen LogP contribution in [0.3, 0.4) is 0 Å². The number of halogens is 3. The van der Waals surface area contributed by atoms with Gasteiger partial charge in [-0.3, -0.25) is 4.79 Å². The Morgan fingerprint density at radius 1 is 1.32 bits per heavy atom. The quantitative estimate of drug-likeness (QED) is 0.878. The maximum atomic E-state index is 12.9. The number of nitrogens with two attached hydrogens (primary N) is 1. The molecule has 1 heterocycles. The third kappa shape index (κ3) is 3.42. The Morgan fingerprint density at radius 3 is 2.32 bits per heavy atom. The molecule has 2 aromatic rings. The monoisotopic (exact) mass is 352 g/mol. The highest BCUT2D eigenvalue weighted by atomic mass is 19.4. The number of hydrogen-bond acceptors (Lipinski definition) is 4. The van der Waals surface area contributed by atoms with E-state index in [1.807, 2.05) is 0 Å². The largest absolute Gasteiger partial charge is 0.481 e. The van der Waals surface area contributed by atoms with Crippen LogP contribution in [0.25, 0.3) is 11.3 Å². The van der Waals surface area contributed by atoms with Gasteiger partial charge in [-0.25, -0.2) is 4.68 Å². The van der Waals surface area contributed by atoms with Crippen LogP contribution in [0.5, 0.6) is 0 Å². The molecule has 1 aromatic heterocycles. The second-order valence-electron chi connectivity index (χ2n) is 5.56. The summed E-state index contributed by atoms with van der Waals surface area (Å²) in [4.78, 5) is 11.0. The summed E-state index contributed by atoms with van der Waals surface area (Å²) in [6, 6.07) is 5.84. The Balaban J connectivity index is 2.50. The van der Waals surface area contributed by atoms with Gasteiger partial charge in [0.2, 0.25) is 0 Å². The number of alkyl halides is 3. The SMILES string of the molecule is CC(C(=O)O)c1ccc(-c2nn(C(C)C(F)(F)F)c(N)c2C#N)cc1. The topological polar surface area (TPSA) is 105 Å². The fourth-order valence-electron chi connectivity index (χ4n) is 2.27. The molecule has 1 aromatic carbocycles. The first-order chi connectivity index (χ1) is 11.6. The molecular weight excluding hydrogens is 337 g/mol. The predicted molar refractivity (Wildman–Crippen MR) is 83.6 cm³/mol. The number of rotatable bonds is 4. The zero-order valence-electron chi connectivity index (χ0n) is 13.4. The number of aromatic nitrogens is 2. The molecule has 0 saturated heterocycles. The van der Waals surface area contributed by atoms with E-state index in [2.05, 4.69) is 5.10 Å². The number of carboxylic acids is 1. The van der Waals surface area contributed by atoms with Gasteiger partial charge >= 0.3 is 12.1 Å². The molecule has 0 bridgehead atoms. The molecule has 0 radical (unpaired) electrons. The molecule has 0 spiro atoms. The fourth-order valence-corrected chi connectivity index (χ4v) is 2.27. The number of benzene rings is 1. The van der Waals surface area contributed by atoms with Crippen LogP contribution >= 0.6 is 0 Å². The number of nitrogens with zero attached hydrogens (tertiary/aromatic N) is 3. The van der Waals surface area contributed by atoms with E-state index in [9.17, 15) is 23.2 Å². The normalized spacial score (nSPS) is 13.9. The van der Waals surface area contributed by atoms with Crippen molar-refractivity contribution < 1.29 is 23.1 Å². The second-order valence-corrected chi connectivity index (χ2v) is 5.56. The molecule has 3 N–H and O–H groups in total. The summed E-state index contributed by atoms with van der Waals surface area (Å²) in [5, 5.41) is 22.1. The lowest BCUT2D eigenvalue weighted by molar-refractivity contribution is -0.164. The average molecular weight is 352 g/mol. The lowest BCUT2D eigenvalue weighted by atomic mass is 9.98. The van der Waals surface area contributed by atoms with Crippen LogP contribution in [0.4, 0.5) is 19.0 Å². The molecular formula is C16H15F3N4O2. The molecule has 0 aliphatic rings. The molecule has 2 atom stereocenters. The minimum absolute atomic E-state index is 0.0191. The summed E-state index contributed by atoms with van der Waals surface area (Å²) in [6.45, 7) is 2.40. The van der Waals surface area contributed by atoms with Gasteiger partial charge in [-0.15, -0.1) is 0 Å². The van der Waals surface area contributed by atoms with Gasteiger partial charge in [0.1, 0.15) is 29.2 Å². The molecule has 132 valence electrons. The van der Waals surface area contributed by atoms with E-state index >= 15 is 0 Å². The summed E-state index contributed by atoms with van der Waals surface area (Å²) in [5.74, 6) is -2.11. The number of carboxylic acid groups (broad SMARTS) is 1. The summed E-state index contributed by atoms with van der Waals surface area (Å²) in [7, 11) is 0. The van der Waals surface area contributed by atoms with E-state index in [1.165, 1.54) is 31.2 Å². The number of nitrogen functional groups attached to an aromatic ring is 1. The van der Waals surface area contributed by atoms with Crippen molar-refractivity contribution in [1.82, 2.24) is 9.78 Å². The fraction of sp³-hybridized carbons (Fsp3) is 0.312. The van der Waals surface area contributed by atoms with E-state index in [4.69, 9.17) is 10.8 Å². The van der Waals surface area contributed by atoms with E-state index in [0.29, 0.717) is 15.8 Å². The van der Waals surface area contributed by atoms with E-state index in [1.54, 1.807) is 6.07 Å². The molecule has 9 heteroatoms. The smallest absolute Gasteiger partial charge is 0.410 e. The van der Waals surface area contributed by atoms with Crippen molar-refractivity contribution in [3.05, 3.63) is 35.4 Å². The highest BCUT2D eigenvalue weighted by molar-refractivity contribution is 5.77. The van der Waals surface area contributed by atoms with Crippen LogP contribution in [-0.2, 0) is 4.79 Å². The molecule has 2 rings (SSSR count). The Morgan fingerprint density at radius 2 is 1.88 bits per heavy atom. The van der Waals surface area contributed by atoms with E-state index in [0.717, 1.165) is 6.92 Å². The van der Waals surface area contributed by atoms with Crippen molar-refractivity contribution in [2.45, 2.75) is 32.0 Å². The molecule has 0 aliphatic carbocycles. The molecule has 2 unspecified atom stereocenters. The average Bonchev–Trinajstić information content (AvgIpc) is 2.89. The van der Waals surface area contributed by atoms with Crippen LogP contribution in [0, 0.1) is 11.3 Å². The zero-order chi connectivity index (χ0) is 18.9. The van der Waals surface area contributed by atoms with Gasteiger partial charge in [0.15, 0.2) is 0 Å². The first-order valence-corrected chi connectivity index (χ1v) is 7.25. The molecule has 0 aliphatic heterocycles. The lowest BCUT2D eigenvalue weighted by Crippen LogP contribution is -2.25. The van der Waals surface area contributed by atoms with Gasteiger partial charge in [-0.05, 0) is 19.4 Å². The third-order valence-corrected chi connectivity index (χ3v) is 3.95. The van der Waals surface area contributed by atoms with E-state index < -0.39 is 24.1 Å². The first-order valence-electron chi connectivity index (χ1n) is 7.25. The molecule has 0 amide bonds. The molecule has 25 heavy (non-hydrogen) atoms. The summed E-state index contributed by atoms with van der Waals surface area (Å²) < 4.78 is 39.3. The minimum atomic E-state index is -4.56. The number of nitriles is 1. The van der Waals surface area contributed by atoms with Gasteiger partial charge in [0.25, 0.3) is 0 Å². The van der Waals surface area contributed by atoms with Gasteiger partial charge in [0.05, 0.1) is 5.92 Å². The summed E-state index contributed by atoms with van der Waals surface area (Å²) >= 11 is 0. The van der Waals surface area contributed by atoms with Crippen molar-refractivity contribution in [3.8, 4) is 17.3 Å². The van der Waals surface area contributed by atoms with Crippen molar-refractivity contribution in [2.24, 2.45) is 0 Å². The molecule has 6 nitrogen and oxygen atoms in total. The molecule has 0 saturated carbocycles. The van der Waals surface area contributed by atoms with Gasteiger partial charge < -0.3 is 10.8 Å². The van der Waals surface area contributed by atoms with E-state index in [-0.39, 0.29) is 17.1 Å². The minimum Gasteiger partial charge on any atom is -0.481 e. The van der Waals surface area contributed by atoms with Crippen molar-refractivity contribution in [2.75, 3.05) is 5.73 Å². The highest BCUT2D eigenvalue weighted by Crippen LogP contribution is 2.35. The van der Waals surface area contributed by atoms with Crippen LogP contribution in [0.1, 0.15) is 36.9 Å². The van der Waals surface area contributed by atoms with Crippen molar-refractivity contribution in [1.29, 1.82) is 5.26 Å². The number of aliphatic carboxylic acids is 1. The second kappa shape index (κ2) is 6.47. The number of hydrogen-bond donors (Lipinski definition) is 2. The van der Waals surface area contributed by atoms with Gasteiger partial charge in [-0.1, -0.05) is 24.3 Å². The molecule has 0 fully saturated rings. The number of carbonyl (C=O) groups is 1. The summed E-state index contributed by atoms with van der Waals surface area (Å²) in [6.07, 6.45) is -4.56. The van der Waals surface area contributed by atoms with Crippen LogP contribution < -0.4 is 5.73 Å². The highest BCUT2D eigenvalue weighted by Gasteiger charge is 2.40. The zero-order valence-corrected chi connectivity index (χ0v) is 13.4. The van der Waals surface area contributed by atoms with Crippen molar-refractivity contribution in [3.63, 3.8) is 0 Å². The van der Waals surface area contributed by atoms with Gasteiger partial charge in [-0.2, -0.15) is 23.5 Å². The van der Waals surface area contributed by atoms with Crippen LogP contribution in [-0.4, -0.2) is 27.0 Å². The Bertz CT molecular complexity index is 835. The van der Waals surface area contributed by atoms with Crippen molar-refractivity contribution >= 4 is 11.8 Å². The predicted octanol–water partition coefficient (Wildman–Crippen LogP) is 3.32.